The molecule has 0 bridgehead atoms. The summed E-state index contributed by atoms with van der Waals surface area (Å²) >= 11 is 0. The third-order valence-electron chi connectivity index (χ3n) is 4.50. The summed E-state index contributed by atoms with van der Waals surface area (Å²) in [6.45, 7) is 4.14. The predicted octanol–water partition coefficient (Wildman–Crippen LogP) is 4.08. The van der Waals surface area contributed by atoms with Crippen LogP contribution in [0.3, 0.4) is 0 Å². The number of hydrogen-bond acceptors (Lipinski definition) is 1. The van der Waals surface area contributed by atoms with Crippen molar-refractivity contribution in [1.82, 2.24) is 10.3 Å². The van der Waals surface area contributed by atoms with Crippen molar-refractivity contribution in [3.05, 3.63) is 71.4 Å². The lowest BCUT2D eigenvalue weighted by atomic mass is 9.83. The number of nitrogens with one attached hydrogen (secondary N) is 2. The molecule has 0 atom stereocenters. The van der Waals surface area contributed by atoms with Gasteiger partial charge < -0.3 is 10.3 Å². The number of fused-ring (bicyclic) bond motifs is 1. The summed E-state index contributed by atoms with van der Waals surface area (Å²) in [5.74, 6) is -0.702. The Morgan fingerprint density at radius 2 is 1.76 bits per heavy atom. The van der Waals surface area contributed by atoms with Crippen molar-refractivity contribution in [2.24, 2.45) is 0 Å². The van der Waals surface area contributed by atoms with Gasteiger partial charge in [-0.05, 0) is 61.7 Å². The minimum Gasteiger partial charge on any atom is -0.361 e. The van der Waals surface area contributed by atoms with E-state index in [1.807, 2.05) is 13.8 Å². The van der Waals surface area contributed by atoms with Crippen LogP contribution in [0.15, 0.2) is 48.7 Å². The molecule has 1 aromatic heterocycles. The van der Waals surface area contributed by atoms with Crippen LogP contribution >= 0.6 is 0 Å². The highest BCUT2D eigenvalue weighted by molar-refractivity contribution is 5.94. The lowest BCUT2D eigenvalue weighted by Crippen LogP contribution is -2.40. The van der Waals surface area contributed by atoms with Crippen LogP contribution in [0, 0.1) is 11.6 Å². The van der Waals surface area contributed by atoms with Crippen LogP contribution in [-0.4, -0.2) is 17.4 Å². The average Bonchev–Trinajstić information content (AvgIpc) is 3.00. The molecule has 3 nitrogen and oxygen atoms in total. The molecule has 3 aromatic rings. The highest BCUT2D eigenvalue weighted by atomic mass is 19.1. The molecule has 0 saturated heterocycles. The maximum absolute atomic E-state index is 13.3. The van der Waals surface area contributed by atoms with Gasteiger partial charge in [-0.1, -0.05) is 12.1 Å². The molecule has 0 aliphatic heterocycles. The van der Waals surface area contributed by atoms with Crippen LogP contribution in [0.4, 0.5) is 8.78 Å². The van der Waals surface area contributed by atoms with Gasteiger partial charge in [0.05, 0.1) is 5.41 Å². The Bertz CT molecular complexity index is 898. The van der Waals surface area contributed by atoms with Crippen LogP contribution in [-0.2, 0) is 16.6 Å². The zero-order valence-electron chi connectivity index (χ0n) is 14.2. The predicted molar refractivity (Wildman–Crippen MR) is 94.4 cm³/mol. The highest BCUT2D eigenvalue weighted by Crippen LogP contribution is 2.31. The number of carbonyl (C=O) groups excluding carboxylic acids is 1. The second-order valence-corrected chi connectivity index (χ2v) is 6.65. The molecule has 0 fully saturated rings. The molecule has 1 heterocycles. The summed E-state index contributed by atoms with van der Waals surface area (Å²) in [5, 5.41) is 3.76. The first-order valence-corrected chi connectivity index (χ1v) is 8.18. The van der Waals surface area contributed by atoms with Crippen molar-refractivity contribution in [2.75, 3.05) is 6.54 Å². The van der Waals surface area contributed by atoms with Crippen molar-refractivity contribution in [1.29, 1.82) is 0 Å². The Labute approximate surface area is 145 Å². The van der Waals surface area contributed by atoms with Gasteiger partial charge >= 0.3 is 0 Å². The smallest absolute Gasteiger partial charge is 0.230 e. The lowest BCUT2D eigenvalue weighted by Gasteiger charge is -2.23. The molecule has 3 rings (SSSR count). The van der Waals surface area contributed by atoms with Crippen LogP contribution in [0.25, 0.3) is 10.9 Å². The summed E-state index contributed by atoms with van der Waals surface area (Å²) in [6.07, 6.45) is 2.38. The summed E-state index contributed by atoms with van der Waals surface area (Å²) < 4.78 is 26.2. The van der Waals surface area contributed by atoms with E-state index in [4.69, 9.17) is 0 Å². The molecular formula is C20H20F2N2O. The molecule has 130 valence electrons. The van der Waals surface area contributed by atoms with Crippen molar-refractivity contribution in [2.45, 2.75) is 25.7 Å². The summed E-state index contributed by atoms with van der Waals surface area (Å²) in [6, 6.07) is 10.7. The van der Waals surface area contributed by atoms with Gasteiger partial charge in [-0.25, -0.2) is 8.78 Å². The molecule has 0 radical (unpaired) electrons. The number of H-pyrrole nitrogens is 1. The molecule has 1 amide bonds. The standard InChI is InChI=1S/C20H20F2N2O/c1-20(2,17-12-24-18-11-15(22)7-8-16(17)18)19(25)23-10-9-13-3-5-14(21)6-4-13/h3-8,11-12,24H,9-10H2,1-2H3,(H,23,25). The number of benzene rings is 2. The Morgan fingerprint density at radius 1 is 1.08 bits per heavy atom. The molecule has 0 spiro atoms. The number of carbonyl (C=O) groups is 1. The molecule has 5 heteroatoms. The highest BCUT2D eigenvalue weighted by Gasteiger charge is 2.31. The Hall–Kier alpha value is -2.69. The zero-order valence-corrected chi connectivity index (χ0v) is 14.2. The van der Waals surface area contributed by atoms with E-state index in [2.05, 4.69) is 10.3 Å². The molecule has 0 unspecified atom stereocenters. The van der Waals surface area contributed by atoms with Crippen molar-refractivity contribution < 1.29 is 13.6 Å². The minimum atomic E-state index is -0.765. The first-order valence-electron chi connectivity index (χ1n) is 8.18. The molecule has 0 aliphatic carbocycles. The minimum absolute atomic E-state index is 0.111. The molecular weight excluding hydrogens is 322 g/mol. The van der Waals surface area contributed by atoms with Gasteiger partial charge in [0.15, 0.2) is 0 Å². The number of aromatic amines is 1. The quantitative estimate of drug-likeness (QED) is 0.721. The van der Waals surface area contributed by atoms with E-state index in [1.165, 1.54) is 24.3 Å². The van der Waals surface area contributed by atoms with Crippen molar-refractivity contribution in [3.63, 3.8) is 0 Å². The first-order chi connectivity index (χ1) is 11.9. The average molecular weight is 342 g/mol. The van der Waals surface area contributed by atoms with Gasteiger partial charge in [-0.2, -0.15) is 0 Å². The van der Waals surface area contributed by atoms with E-state index in [9.17, 15) is 13.6 Å². The normalized spacial score (nSPS) is 11.7. The third-order valence-corrected chi connectivity index (χ3v) is 4.50. The fourth-order valence-electron chi connectivity index (χ4n) is 2.93. The summed E-state index contributed by atoms with van der Waals surface area (Å²) in [5.41, 5.74) is 1.69. The summed E-state index contributed by atoms with van der Waals surface area (Å²) in [4.78, 5) is 15.7. The number of hydrogen-bond donors (Lipinski definition) is 2. The molecule has 0 aliphatic rings. The first kappa shape index (κ1) is 17.1. The molecule has 25 heavy (non-hydrogen) atoms. The van der Waals surface area contributed by atoms with Gasteiger partial charge in [-0.3, -0.25) is 4.79 Å². The van der Waals surface area contributed by atoms with E-state index in [0.717, 1.165) is 16.5 Å². The van der Waals surface area contributed by atoms with Gasteiger partial charge in [-0.15, -0.1) is 0 Å². The topological polar surface area (TPSA) is 44.9 Å². The van der Waals surface area contributed by atoms with Gasteiger partial charge in [0.25, 0.3) is 0 Å². The van der Waals surface area contributed by atoms with Gasteiger partial charge in [0.1, 0.15) is 11.6 Å². The number of amides is 1. The van der Waals surface area contributed by atoms with Crippen LogP contribution < -0.4 is 5.32 Å². The molecule has 0 saturated carbocycles. The monoisotopic (exact) mass is 342 g/mol. The maximum Gasteiger partial charge on any atom is 0.230 e. The van der Waals surface area contributed by atoms with E-state index in [1.54, 1.807) is 24.4 Å². The largest absolute Gasteiger partial charge is 0.361 e. The van der Waals surface area contributed by atoms with Gasteiger partial charge in [0.2, 0.25) is 5.91 Å². The van der Waals surface area contributed by atoms with E-state index < -0.39 is 5.41 Å². The number of rotatable bonds is 5. The third kappa shape index (κ3) is 3.55. The van der Waals surface area contributed by atoms with Crippen LogP contribution in [0.2, 0.25) is 0 Å². The second kappa shape index (κ2) is 6.67. The van der Waals surface area contributed by atoms with E-state index >= 15 is 0 Å². The molecule has 2 N–H and O–H groups in total. The van der Waals surface area contributed by atoms with E-state index in [-0.39, 0.29) is 17.5 Å². The van der Waals surface area contributed by atoms with Crippen LogP contribution in [0.1, 0.15) is 25.0 Å². The SMILES string of the molecule is CC(C)(C(=O)NCCc1ccc(F)cc1)c1c[nH]c2cc(F)ccc12. The van der Waals surface area contributed by atoms with Crippen molar-refractivity contribution >= 4 is 16.8 Å². The van der Waals surface area contributed by atoms with E-state index in [0.29, 0.717) is 18.5 Å². The number of halogens is 2. The van der Waals surface area contributed by atoms with Crippen LogP contribution in [0.5, 0.6) is 0 Å². The Morgan fingerprint density at radius 3 is 2.48 bits per heavy atom. The lowest BCUT2D eigenvalue weighted by molar-refractivity contribution is -0.125. The maximum atomic E-state index is 13.3. The fraction of sp³-hybridized carbons (Fsp3) is 0.250. The summed E-state index contributed by atoms with van der Waals surface area (Å²) in [7, 11) is 0. The molecule has 2 aromatic carbocycles. The number of aromatic nitrogens is 1. The Kier molecular flexibility index (Phi) is 4.57. The van der Waals surface area contributed by atoms with Gasteiger partial charge in [0, 0.05) is 23.6 Å². The van der Waals surface area contributed by atoms with Crippen molar-refractivity contribution in [3.8, 4) is 0 Å². The zero-order chi connectivity index (χ0) is 18.0. The fourth-order valence-corrected chi connectivity index (χ4v) is 2.93. The Balaban J connectivity index is 1.70. The second-order valence-electron chi connectivity index (χ2n) is 6.65.